The molecule has 29 heavy (non-hydrogen) atoms. The number of unbranched alkanes of at least 4 members (excludes halogenated alkanes) is 1. The Hall–Kier alpha value is -2.06. The van der Waals surface area contributed by atoms with Gasteiger partial charge in [-0.05, 0) is 48.7 Å². The SMILES string of the molecule is CCCCn1c(=O)n(CCOc2ccc(Br)cc2)c(=O)c2c1nc(Cl)n2CCC. The van der Waals surface area contributed by atoms with Crippen LogP contribution < -0.4 is 16.0 Å². The van der Waals surface area contributed by atoms with Crippen LogP contribution in [0.5, 0.6) is 5.75 Å². The van der Waals surface area contributed by atoms with Crippen molar-refractivity contribution in [1.29, 1.82) is 0 Å². The van der Waals surface area contributed by atoms with Gasteiger partial charge in [-0.3, -0.25) is 13.9 Å². The molecule has 0 saturated heterocycles. The molecule has 9 heteroatoms. The largest absolute Gasteiger partial charge is 0.492 e. The zero-order valence-corrected chi connectivity index (χ0v) is 18.9. The van der Waals surface area contributed by atoms with E-state index < -0.39 is 0 Å². The molecule has 0 bridgehead atoms. The summed E-state index contributed by atoms with van der Waals surface area (Å²) in [6, 6.07) is 7.39. The maximum absolute atomic E-state index is 13.1. The second-order valence-electron chi connectivity index (χ2n) is 6.75. The van der Waals surface area contributed by atoms with Crippen LogP contribution in [0.15, 0.2) is 38.3 Å². The van der Waals surface area contributed by atoms with Crippen LogP contribution in [0.3, 0.4) is 0 Å². The average molecular weight is 484 g/mol. The first kappa shape index (κ1) is 21.6. The molecule has 0 aliphatic carbocycles. The minimum atomic E-state index is -0.384. The summed E-state index contributed by atoms with van der Waals surface area (Å²) >= 11 is 9.66. The molecule has 0 amide bonds. The van der Waals surface area contributed by atoms with Gasteiger partial charge in [0.05, 0.1) is 6.54 Å². The van der Waals surface area contributed by atoms with Crippen LogP contribution in [0, 0.1) is 0 Å². The molecular formula is C20H24BrClN4O3. The molecule has 3 rings (SSSR count). The number of benzene rings is 1. The van der Waals surface area contributed by atoms with Gasteiger partial charge in [-0.25, -0.2) is 4.79 Å². The van der Waals surface area contributed by atoms with Crippen LogP contribution in [-0.2, 0) is 19.6 Å². The normalized spacial score (nSPS) is 11.3. The third-order valence-corrected chi connectivity index (χ3v) is 5.46. The standard InChI is InChI=1S/C20H24BrClN4O3/c1-3-5-11-25-17-16(24(10-4-2)19(22)23-17)18(27)26(20(25)28)12-13-29-15-8-6-14(21)7-9-15/h6-9H,3-5,10-13H2,1-2H3. The van der Waals surface area contributed by atoms with Crippen LogP contribution >= 0.6 is 27.5 Å². The van der Waals surface area contributed by atoms with Crippen molar-refractivity contribution in [1.82, 2.24) is 18.7 Å². The highest BCUT2D eigenvalue weighted by molar-refractivity contribution is 9.10. The van der Waals surface area contributed by atoms with Gasteiger partial charge >= 0.3 is 5.69 Å². The van der Waals surface area contributed by atoms with E-state index in [-0.39, 0.29) is 29.7 Å². The van der Waals surface area contributed by atoms with Crippen LogP contribution in [-0.4, -0.2) is 25.3 Å². The van der Waals surface area contributed by atoms with E-state index in [4.69, 9.17) is 16.3 Å². The number of halogens is 2. The van der Waals surface area contributed by atoms with E-state index >= 15 is 0 Å². The van der Waals surface area contributed by atoms with E-state index in [0.717, 1.165) is 23.7 Å². The molecule has 0 aliphatic heterocycles. The van der Waals surface area contributed by atoms with E-state index in [1.54, 1.807) is 9.13 Å². The summed E-state index contributed by atoms with van der Waals surface area (Å²) in [6.07, 6.45) is 2.52. The molecule has 0 radical (unpaired) electrons. The van der Waals surface area contributed by atoms with E-state index in [9.17, 15) is 9.59 Å². The lowest BCUT2D eigenvalue weighted by atomic mass is 10.3. The second-order valence-corrected chi connectivity index (χ2v) is 8.01. The first-order valence-electron chi connectivity index (χ1n) is 9.75. The fraction of sp³-hybridized carbons (Fsp3) is 0.450. The van der Waals surface area contributed by atoms with Crippen molar-refractivity contribution in [2.45, 2.75) is 52.7 Å². The molecule has 0 fully saturated rings. The Morgan fingerprint density at radius 1 is 1.00 bits per heavy atom. The van der Waals surface area contributed by atoms with Crippen molar-refractivity contribution in [2.24, 2.45) is 0 Å². The van der Waals surface area contributed by atoms with Gasteiger partial charge in [-0.1, -0.05) is 36.2 Å². The predicted octanol–water partition coefficient (Wildman–Crippen LogP) is 4.06. The average Bonchev–Trinajstić information content (AvgIpc) is 3.02. The Bertz CT molecular complexity index is 1100. The topological polar surface area (TPSA) is 71.1 Å². The van der Waals surface area contributed by atoms with Gasteiger partial charge in [0.15, 0.2) is 11.2 Å². The lowest BCUT2D eigenvalue weighted by Crippen LogP contribution is -2.41. The van der Waals surface area contributed by atoms with Gasteiger partial charge in [0.2, 0.25) is 5.28 Å². The zero-order chi connectivity index (χ0) is 21.0. The monoisotopic (exact) mass is 482 g/mol. The van der Waals surface area contributed by atoms with Gasteiger partial charge in [-0.15, -0.1) is 0 Å². The molecule has 2 aromatic heterocycles. The highest BCUT2D eigenvalue weighted by atomic mass is 79.9. The summed E-state index contributed by atoms with van der Waals surface area (Å²) in [4.78, 5) is 30.5. The number of imidazole rings is 1. The number of aromatic nitrogens is 4. The number of hydrogen-bond acceptors (Lipinski definition) is 4. The van der Waals surface area contributed by atoms with Crippen LogP contribution in [0.1, 0.15) is 33.1 Å². The minimum Gasteiger partial charge on any atom is -0.492 e. The Labute approximate surface area is 182 Å². The summed E-state index contributed by atoms with van der Waals surface area (Å²) in [6.45, 7) is 5.44. The minimum absolute atomic E-state index is 0.144. The van der Waals surface area contributed by atoms with E-state index in [0.29, 0.717) is 30.0 Å². The van der Waals surface area contributed by atoms with E-state index in [1.807, 2.05) is 38.1 Å². The van der Waals surface area contributed by atoms with Crippen LogP contribution in [0.25, 0.3) is 11.2 Å². The molecule has 3 aromatic rings. The summed E-state index contributed by atoms with van der Waals surface area (Å²) in [5, 5.41) is 0.229. The Kier molecular flexibility index (Phi) is 7.18. The van der Waals surface area contributed by atoms with Crippen LogP contribution in [0.2, 0.25) is 5.28 Å². The molecule has 0 atom stereocenters. The molecule has 0 spiro atoms. The molecule has 1 aromatic carbocycles. The Balaban J connectivity index is 2.00. The van der Waals surface area contributed by atoms with Crippen molar-refractivity contribution in [3.63, 3.8) is 0 Å². The number of ether oxygens (including phenoxy) is 1. The third kappa shape index (κ3) is 4.59. The quantitative estimate of drug-likeness (QED) is 0.430. The number of nitrogens with zero attached hydrogens (tertiary/aromatic N) is 4. The van der Waals surface area contributed by atoms with Gasteiger partial charge in [0.25, 0.3) is 5.56 Å². The fourth-order valence-corrected chi connectivity index (χ4v) is 3.71. The number of rotatable bonds is 9. The highest BCUT2D eigenvalue weighted by Gasteiger charge is 2.20. The molecule has 0 unspecified atom stereocenters. The van der Waals surface area contributed by atoms with E-state index in [1.165, 1.54) is 4.57 Å². The second kappa shape index (κ2) is 9.63. The molecular weight excluding hydrogens is 460 g/mol. The summed E-state index contributed by atoms with van der Waals surface area (Å²) < 4.78 is 11.1. The Morgan fingerprint density at radius 3 is 2.38 bits per heavy atom. The summed E-state index contributed by atoms with van der Waals surface area (Å²) in [5.74, 6) is 0.674. The predicted molar refractivity (Wildman–Crippen MR) is 118 cm³/mol. The fourth-order valence-electron chi connectivity index (χ4n) is 3.19. The first-order chi connectivity index (χ1) is 14.0. The maximum atomic E-state index is 13.1. The van der Waals surface area contributed by atoms with Crippen molar-refractivity contribution in [2.75, 3.05) is 6.61 Å². The molecule has 0 N–H and O–H groups in total. The van der Waals surface area contributed by atoms with Crippen molar-refractivity contribution in [3.8, 4) is 5.75 Å². The summed E-state index contributed by atoms with van der Waals surface area (Å²) in [5.41, 5.74) is -0.0358. The zero-order valence-electron chi connectivity index (χ0n) is 16.5. The molecule has 0 saturated carbocycles. The Morgan fingerprint density at radius 2 is 1.72 bits per heavy atom. The highest BCUT2D eigenvalue weighted by Crippen LogP contribution is 2.18. The van der Waals surface area contributed by atoms with Gasteiger partial charge < -0.3 is 9.30 Å². The smallest absolute Gasteiger partial charge is 0.332 e. The lowest BCUT2D eigenvalue weighted by Gasteiger charge is -2.13. The molecule has 2 heterocycles. The maximum Gasteiger partial charge on any atom is 0.332 e. The summed E-state index contributed by atoms with van der Waals surface area (Å²) in [7, 11) is 0. The molecule has 7 nitrogen and oxygen atoms in total. The number of fused-ring (bicyclic) bond motifs is 1. The van der Waals surface area contributed by atoms with Gasteiger partial charge in [0, 0.05) is 17.6 Å². The number of hydrogen-bond donors (Lipinski definition) is 0. The molecule has 0 aliphatic rings. The van der Waals surface area contributed by atoms with Crippen LogP contribution in [0.4, 0.5) is 0 Å². The number of aryl methyl sites for hydroxylation is 2. The van der Waals surface area contributed by atoms with E-state index in [2.05, 4.69) is 20.9 Å². The lowest BCUT2D eigenvalue weighted by molar-refractivity contribution is 0.292. The van der Waals surface area contributed by atoms with Crippen molar-refractivity contribution < 1.29 is 4.74 Å². The first-order valence-corrected chi connectivity index (χ1v) is 10.9. The molecule has 156 valence electrons. The van der Waals surface area contributed by atoms with Gasteiger partial charge in [0.1, 0.15) is 12.4 Å². The van der Waals surface area contributed by atoms with Gasteiger partial charge in [-0.2, -0.15) is 4.98 Å². The third-order valence-electron chi connectivity index (χ3n) is 4.65. The van der Waals surface area contributed by atoms with Crippen molar-refractivity contribution >= 4 is 38.7 Å². The van der Waals surface area contributed by atoms with Crippen molar-refractivity contribution in [3.05, 3.63) is 54.9 Å².